The molecular weight excluding hydrogens is 358 g/mol. The fourth-order valence-electron chi connectivity index (χ4n) is 3.68. The van der Waals surface area contributed by atoms with E-state index < -0.39 is 53.5 Å². The lowest BCUT2D eigenvalue weighted by Crippen LogP contribution is -2.35. The van der Waals surface area contributed by atoms with Gasteiger partial charge in [-0.15, -0.1) is 0 Å². The van der Waals surface area contributed by atoms with E-state index in [1.54, 1.807) is 12.1 Å². The van der Waals surface area contributed by atoms with Crippen molar-refractivity contribution in [3.63, 3.8) is 0 Å². The highest BCUT2D eigenvalue weighted by Crippen LogP contribution is 2.45. The summed E-state index contributed by atoms with van der Waals surface area (Å²) < 4.78 is 9.01. The molecule has 27 heavy (non-hydrogen) atoms. The summed E-state index contributed by atoms with van der Waals surface area (Å²) in [6, 6.07) is 4.75. The lowest BCUT2D eigenvalue weighted by atomic mass is 9.70. The van der Waals surface area contributed by atoms with Crippen molar-refractivity contribution in [2.45, 2.75) is 19.8 Å². The van der Waals surface area contributed by atoms with E-state index in [0.29, 0.717) is 5.69 Å². The molecule has 9 nitrogen and oxygen atoms in total. The Labute approximate surface area is 153 Å². The van der Waals surface area contributed by atoms with Gasteiger partial charge in [0.1, 0.15) is 0 Å². The summed E-state index contributed by atoms with van der Waals surface area (Å²) in [5.74, 6) is -5.58. The molecule has 0 aromatic heterocycles. The minimum absolute atomic E-state index is 0.185. The van der Waals surface area contributed by atoms with Crippen molar-refractivity contribution >= 4 is 35.5 Å². The van der Waals surface area contributed by atoms with E-state index in [1.165, 1.54) is 6.07 Å². The highest BCUT2D eigenvalue weighted by atomic mass is 16.6. The largest absolute Gasteiger partial charge is 0.478 e. The van der Waals surface area contributed by atoms with E-state index in [0.717, 1.165) is 5.56 Å². The number of anilines is 1. The highest BCUT2D eigenvalue weighted by molar-refractivity contribution is 6.01. The molecule has 0 radical (unpaired) electrons. The molecule has 2 heterocycles. The van der Waals surface area contributed by atoms with Crippen LogP contribution in [0.25, 0.3) is 0 Å². The Kier molecular flexibility index (Phi) is 4.69. The summed E-state index contributed by atoms with van der Waals surface area (Å²) in [6.45, 7) is 1.81. The Bertz CT molecular complexity index is 765. The average molecular weight is 375 g/mol. The summed E-state index contributed by atoms with van der Waals surface area (Å²) in [4.78, 5) is 55.7. The number of aromatic carboxylic acids is 1. The fraction of sp³-hybridized carbons (Fsp3) is 0.389. The van der Waals surface area contributed by atoms with Crippen LogP contribution in [0.5, 0.6) is 0 Å². The quantitative estimate of drug-likeness (QED) is 0.410. The molecule has 3 fully saturated rings. The van der Waals surface area contributed by atoms with Crippen LogP contribution >= 0.6 is 0 Å². The molecule has 142 valence electrons. The molecule has 0 bridgehead atoms. The molecule has 4 atom stereocenters. The van der Waals surface area contributed by atoms with Crippen molar-refractivity contribution in [1.29, 1.82) is 0 Å². The fourth-order valence-corrected chi connectivity index (χ4v) is 3.68. The number of nitrogen functional groups attached to an aromatic ring is 1. The number of benzene rings is 1. The third kappa shape index (κ3) is 3.53. The number of ether oxygens (including phenoxy) is 2. The van der Waals surface area contributed by atoms with Gasteiger partial charge in [-0.25, -0.2) is 4.79 Å². The number of hydrogen-bond donors (Lipinski definition) is 2. The van der Waals surface area contributed by atoms with Crippen LogP contribution < -0.4 is 5.73 Å². The summed E-state index contributed by atoms with van der Waals surface area (Å²) >= 11 is 0. The summed E-state index contributed by atoms with van der Waals surface area (Å²) in [6.07, 6.45) is 0.370. The van der Waals surface area contributed by atoms with Crippen molar-refractivity contribution in [2.24, 2.45) is 23.7 Å². The highest BCUT2D eigenvalue weighted by Gasteiger charge is 2.57. The zero-order valence-corrected chi connectivity index (χ0v) is 14.3. The smallest absolute Gasteiger partial charge is 0.335 e. The first kappa shape index (κ1) is 18.6. The molecule has 1 aromatic carbocycles. The number of carbonyl (C=O) groups is 5. The molecule has 0 amide bonds. The summed E-state index contributed by atoms with van der Waals surface area (Å²) in [5, 5.41) is 8.58. The normalized spacial score (nSPS) is 28.5. The Morgan fingerprint density at radius 1 is 0.889 bits per heavy atom. The minimum Gasteiger partial charge on any atom is -0.478 e. The number of cyclic esters (lactones) is 4. The maximum atomic E-state index is 11.3. The third-order valence-corrected chi connectivity index (χ3v) is 4.95. The maximum Gasteiger partial charge on any atom is 0.335 e. The zero-order chi connectivity index (χ0) is 19.9. The van der Waals surface area contributed by atoms with Gasteiger partial charge >= 0.3 is 29.8 Å². The van der Waals surface area contributed by atoms with Gasteiger partial charge in [-0.2, -0.15) is 0 Å². The molecule has 1 aromatic rings. The number of nitrogens with two attached hydrogens (primary N) is 1. The van der Waals surface area contributed by atoms with Crippen LogP contribution in [0.4, 0.5) is 5.69 Å². The van der Waals surface area contributed by atoms with E-state index in [4.69, 9.17) is 10.8 Å². The van der Waals surface area contributed by atoms with Crippen molar-refractivity contribution in [1.82, 2.24) is 0 Å². The van der Waals surface area contributed by atoms with E-state index in [1.807, 2.05) is 6.92 Å². The van der Waals surface area contributed by atoms with Crippen LogP contribution in [0.3, 0.4) is 0 Å². The molecule has 0 spiro atoms. The van der Waals surface area contributed by atoms with E-state index >= 15 is 0 Å². The molecule has 3 N–H and O–H groups in total. The number of carboxylic acid groups (broad SMARTS) is 1. The minimum atomic E-state index is -0.944. The third-order valence-electron chi connectivity index (χ3n) is 4.95. The standard InChI is InChI=1S/C10H8O6.C8H9NO2/c11-7-3-1-4-6(10(14)16-8(4)12)2-5(3)9(13)15-7;1-5-2-6(8(10)11)4-7(9)3-5/h3-6H,1-2H2;2-4H,9H2,1H3,(H,10,11)/t3-,4-,5+,6+;. The van der Waals surface area contributed by atoms with Gasteiger partial charge in [-0.05, 0) is 43.5 Å². The van der Waals surface area contributed by atoms with E-state index in [-0.39, 0.29) is 18.4 Å². The molecule has 2 aliphatic heterocycles. The first-order chi connectivity index (χ1) is 12.7. The summed E-state index contributed by atoms with van der Waals surface area (Å²) in [7, 11) is 0. The molecular formula is C18H17NO8. The number of esters is 4. The van der Waals surface area contributed by atoms with E-state index in [2.05, 4.69) is 9.47 Å². The Balaban J connectivity index is 0.000000168. The Morgan fingerprint density at radius 2 is 1.30 bits per heavy atom. The van der Waals surface area contributed by atoms with Crippen LogP contribution in [0.2, 0.25) is 0 Å². The van der Waals surface area contributed by atoms with Crippen molar-refractivity contribution in [3.05, 3.63) is 29.3 Å². The number of aryl methyl sites for hydroxylation is 1. The second-order valence-corrected chi connectivity index (χ2v) is 6.82. The van der Waals surface area contributed by atoms with Gasteiger partial charge in [0.2, 0.25) is 0 Å². The van der Waals surface area contributed by atoms with Gasteiger partial charge in [0.25, 0.3) is 0 Å². The molecule has 1 saturated carbocycles. The van der Waals surface area contributed by atoms with Crippen molar-refractivity contribution in [3.8, 4) is 0 Å². The van der Waals surface area contributed by atoms with Gasteiger partial charge in [0.05, 0.1) is 29.2 Å². The zero-order valence-electron chi connectivity index (χ0n) is 14.3. The second kappa shape index (κ2) is 6.82. The topological polar surface area (TPSA) is 150 Å². The van der Waals surface area contributed by atoms with Crippen LogP contribution in [0.15, 0.2) is 18.2 Å². The van der Waals surface area contributed by atoms with Crippen LogP contribution in [0.1, 0.15) is 28.8 Å². The van der Waals surface area contributed by atoms with Gasteiger partial charge < -0.3 is 20.3 Å². The molecule has 4 rings (SSSR count). The van der Waals surface area contributed by atoms with Gasteiger partial charge in [-0.1, -0.05) is 0 Å². The summed E-state index contributed by atoms with van der Waals surface area (Å²) in [5.41, 5.74) is 7.02. The number of carbonyl (C=O) groups excluding carboxylic acids is 4. The average Bonchev–Trinajstić information content (AvgIpc) is 3.02. The number of rotatable bonds is 1. The van der Waals surface area contributed by atoms with Gasteiger partial charge in [-0.3, -0.25) is 19.2 Å². The monoisotopic (exact) mass is 375 g/mol. The van der Waals surface area contributed by atoms with Crippen molar-refractivity contribution < 1.29 is 38.6 Å². The molecule has 3 aliphatic rings. The number of hydrogen-bond acceptors (Lipinski definition) is 8. The first-order valence-corrected chi connectivity index (χ1v) is 8.29. The molecule has 2 saturated heterocycles. The Morgan fingerprint density at radius 3 is 1.63 bits per heavy atom. The predicted octanol–water partition coefficient (Wildman–Crippen LogP) is 0.687. The van der Waals surface area contributed by atoms with Gasteiger partial charge in [0.15, 0.2) is 0 Å². The van der Waals surface area contributed by atoms with E-state index in [9.17, 15) is 24.0 Å². The lowest BCUT2D eigenvalue weighted by molar-refractivity contribution is -0.154. The lowest BCUT2D eigenvalue weighted by Gasteiger charge is -2.25. The first-order valence-electron chi connectivity index (χ1n) is 8.29. The second-order valence-electron chi connectivity index (χ2n) is 6.82. The van der Waals surface area contributed by atoms with Crippen molar-refractivity contribution in [2.75, 3.05) is 5.73 Å². The number of fused-ring (bicyclic) bond motifs is 2. The van der Waals surface area contributed by atoms with Gasteiger partial charge in [0, 0.05) is 5.69 Å². The molecule has 9 heteroatoms. The van der Waals surface area contributed by atoms with Crippen LogP contribution in [-0.2, 0) is 28.7 Å². The molecule has 1 aliphatic carbocycles. The maximum absolute atomic E-state index is 11.3. The van der Waals surface area contributed by atoms with Crippen LogP contribution in [0, 0.1) is 30.6 Å². The Hall–Kier alpha value is -3.23. The molecule has 0 unspecified atom stereocenters. The van der Waals surface area contributed by atoms with Crippen LogP contribution in [-0.4, -0.2) is 35.0 Å². The SMILES string of the molecule is Cc1cc(N)cc(C(=O)O)c1.O=C1OC(=O)[C@@H]2C[C@H]3C(=O)OC(=O)[C@H]3C[C@H]12. The predicted molar refractivity (Wildman–Crippen MR) is 87.9 cm³/mol. The number of carboxylic acids is 1.